The van der Waals surface area contributed by atoms with Gasteiger partial charge in [0.15, 0.2) is 0 Å². The molecule has 0 saturated heterocycles. The zero-order chi connectivity index (χ0) is 16.4. The number of aliphatic hydroxyl groups excluding tert-OH is 1. The van der Waals surface area contributed by atoms with Gasteiger partial charge in [-0.05, 0) is 53.9 Å². The number of halogens is 1. The molecule has 1 aliphatic rings. The van der Waals surface area contributed by atoms with Crippen LogP contribution in [0.25, 0.3) is 5.70 Å². The Morgan fingerprint density at radius 1 is 1.30 bits per heavy atom. The second kappa shape index (κ2) is 6.87. The monoisotopic (exact) mass is 346 g/mol. The summed E-state index contributed by atoms with van der Waals surface area (Å²) in [4.78, 5) is 6.85. The molecule has 0 aliphatic carbocycles. The third-order valence-electron chi connectivity index (χ3n) is 4.05. The first kappa shape index (κ1) is 16.2. The maximum Gasteiger partial charge on any atom is 0.148 e. The molecule has 1 aliphatic heterocycles. The van der Waals surface area contributed by atoms with E-state index in [0.717, 1.165) is 11.3 Å². The van der Waals surface area contributed by atoms with Gasteiger partial charge in [0.25, 0.3) is 0 Å². The van der Waals surface area contributed by atoms with Gasteiger partial charge in [0.05, 0.1) is 12.6 Å². The first-order valence-electron chi connectivity index (χ1n) is 7.53. The van der Waals surface area contributed by atoms with E-state index < -0.39 is 0 Å². The first-order chi connectivity index (χ1) is 11.1. The van der Waals surface area contributed by atoms with Crippen molar-refractivity contribution in [3.05, 3.63) is 62.8 Å². The molecule has 0 spiro atoms. The lowest BCUT2D eigenvalue weighted by Crippen LogP contribution is -2.38. The lowest BCUT2D eigenvalue weighted by Gasteiger charge is -2.39. The van der Waals surface area contributed by atoms with Crippen molar-refractivity contribution in [3.8, 4) is 0 Å². The van der Waals surface area contributed by atoms with Crippen LogP contribution in [0.2, 0.25) is 5.02 Å². The minimum atomic E-state index is -0.112. The number of hydrogen-bond donors (Lipinski definition) is 1. The quantitative estimate of drug-likeness (QED) is 0.883. The molecule has 3 nitrogen and oxygen atoms in total. The van der Waals surface area contributed by atoms with Crippen LogP contribution in [0.5, 0.6) is 0 Å². The van der Waals surface area contributed by atoms with E-state index >= 15 is 0 Å². The molecule has 1 aromatic heterocycles. The van der Waals surface area contributed by atoms with Crippen molar-refractivity contribution in [1.82, 2.24) is 4.90 Å². The van der Waals surface area contributed by atoms with Crippen LogP contribution in [0.4, 0.5) is 0 Å². The molecule has 5 heteroatoms. The molecule has 1 aromatic carbocycles. The number of aliphatic hydroxyl groups is 1. The highest BCUT2D eigenvalue weighted by atomic mass is 35.5. The lowest BCUT2D eigenvalue weighted by molar-refractivity contribution is 0.152. The summed E-state index contributed by atoms with van der Waals surface area (Å²) >= 11 is 7.69. The van der Waals surface area contributed by atoms with E-state index in [9.17, 15) is 5.11 Å². The average Bonchev–Trinajstić information content (AvgIpc) is 3.00. The van der Waals surface area contributed by atoms with Gasteiger partial charge in [0, 0.05) is 22.5 Å². The largest absolute Gasteiger partial charge is 0.394 e. The molecule has 0 amide bonds. The van der Waals surface area contributed by atoms with E-state index in [4.69, 9.17) is 11.6 Å². The van der Waals surface area contributed by atoms with Crippen LogP contribution in [0.1, 0.15) is 29.8 Å². The van der Waals surface area contributed by atoms with Crippen molar-refractivity contribution in [2.45, 2.75) is 26.1 Å². The van der Waals surface area contributed by atoms with Crippen molar-refractivity contribution < 1.29 is 5.11 Å². The number of aryl methyl sites for hydroxylation is 1. The number of allylic oxidation sites excluding steroid dienone is 1. The number of benzene rings is 1. The van der Waals surface area contributed by atoms with Crippen LogP contribution in [0, 0.1) is 6.92 Å². The van der Waals surface area contributed by atoms with Gasteiger partial charge in [-0.15, -0.1) is 0 Å². The van der Waals surface area contributed by atoms with Gasteiger partial charge in [-0.1, -0.05) is 23.7 Å². The molecule has 0 saturated carbocycles. The Balaban J connectivity index is 2.04. The predicted molar refractivity (Wildman–Crippen MR) is 98.1 cm³/mol. The molecule has 2 atom stereocenters. The SMILES string of the molecule is Cc1cscc1C1N=CC=C(c2ccc(Cl)cc2)N1[C@@H](C)CO. The van der Waals surface area contributed by atoms with Crippen molar-refractivity contribution in [2.24, 2.45) is 4.99 Å². The maximum atomic E-state index is 9.74. The topological polar surface area (TPSA) is 35.8 Å². The van der Waals surface area contributed by atoms with E-state index in [1.165, 1.54) is 11.1 Å². The third kappa shape index (κ3) is 3.20. The van der Waals surface area contributed by atoms with Crippen LogP contribution in [-0.4, -0.2) is 28.9 Å². The number of nitrogens with zero attached hydrogens (tertiary/aromatic N) is 2. The Morgan fingerprint density at radius 2 is 2.04 bits per heavy atom. The molecule has 0 fully saturated rings. The van der Waals surface area contributed by atoms with E-state index in [2.05, 4.69) is 27.6 Å². The Kier molecular flexibility index (Phi) is 4.85. The van der Waals surface area contributed by atoms with E-state index in [-0.39, 0.29) is 18.8 Å². The zero-order valence-corrected chi connectivity index (χ0v) is 14.7. The standard InChI is InChI=1S/C18H19ClN2OS/c1-12-10-23-11-16(12)18-20-8-7-17(21(18)13(2)9-22)14-3-5-15(19)6-4-14/h3-8,10-11,13,18,22H,9H2,1-2H3/t13-,18?/m0/s1. The van der Waals surface area contributed by atoms with Crippen molar-refractivity contribution in [2.75, 3.05) is 6.61 Å². The molecule has 2 heterocycles. The number of hydrogen-bond acceptors (Lipinski definition) is 4. The smallest absolute Gasteiger partial charge is 0.148 e. The molecular weight excluding hydrogens is 328 g/mol. The molecule has 120 valence electrons. The molecule has 2 aromatic rings. The van der Waals surface area contributed by atoms with Gasteiger partial charge in [0.1, 0.15) is 6.17 Å². The minimum Gasteiger partial charge on any atom is -0.394 e. The Labute approximate surface area is 145 Å². The Bertz CT molecular complexity index is 736. The fourth-order valence-electron chi connectivity index (χ4n) is 2.78. The summed E-state index contributed by atoms with van der Waals surface area (Å²) in [7, 11) is 0. The summed E-state index contributed by atoms with van der Waals surface area (Å²) in [5.41, 5.74) is 4.53. The molecule has 3 rings (SSSR count). The molecule has 1 N–H and O–H groups in total. The highest BCUT2D eigenvalue weighted by Crippen LogP contribution is 2.37. The van der Waals surface area contributed by atoms with Gasteiger partial charge in [0.2, 0.25) is 0 Å². The lowest BCUT2D eigenvalue weighted by atomic mass is 10.0. The average molecular weight is 347 g/mol. The summed E-state index contributed by atoms with van der Waals surface area (Å²) in [5, 5.41) is 14.7. The van der Waals surface area contributed by atoms with E-state index in [1.807, 2.05) is 43.5 Å². The fourth-order valence-corrected chi connectivity index (χ4v) is 3.77. The van der Waals surface area contributed by atoms with Gasteiger partial charge in [-0.3, -0.25) is 4.99 Å². The molecule has 23 heavy (non-hydrogen) atoms. The Morgan fingerprint density at radius 3 is 2.65 bits per heavy atom. The van der Waals surface area contributed by atoms with Crippen molar-refractivity contribution in [3.63, 3.8) is 0 Å². The van der Waals surface area contributed by atoms with Crippen LogP contribution in [0.3, 0.4) is 0 Å². The predicted octanol–water partition coefficient (Wildman–Crippen LogP) is 4.52. The summed E-state index contributed by atoms with van der Waals surface area (Å²) in [6.07, 6.45) is 3.74. The summed E-state index contributed by atoms with van der Waals surface area (Å²) in [6, 6.07) is 7.73. The van der Waals surface area contributed by atoms with Gasteiger partial charge < -0.3 is 10.0 Å². The molecule has 0 radical (unpaired) electrons. The Hall–Kier alpha value is -1.62. The van der Waals surface area contributed by atoms with Gasteiger partial charge in [-0.2, -0.15) is 11.3 Å². The third-order valence-corrected chi connectivity index (χ3v) is 5.19. The van der Waals surface area contributed by atoms with Gasteiger partial charge >= 0.3 is 0 Å². The zero-order valence-electron chi connectivity index (χ0n) is 13.1. The molecular formula is C18H19ClN2OS. The van der Waals surface area contributed by atoms with Crippen LogP contribution in [0.15, 0.2) is 46.1 Å². The van der Waals surface area contributed by atoms with Crippen LogP contribution >= 0.6 is 22.9 Å². The number of aliphatic imine (C=N–C) groups is 1. The molecule has 0 bridgehead atoms. The second-order valence-electron chi connectivity index (χ2n) is 5.68. The summed E-state index contributed by atoms with van der Waals surface area (Å²) < 4.78 is 0. The number of rotatable bonds is 4. The van der Waals surface area contributed by atoms with Crippen molar-refractivity contribution in [1.29, 1.82) is 0 Å². The van der Waals surface area contributed by atoms with E-state index in [1.54, 1.807) is 11.3 Å². The second-order valence-corrected chi connectivity index (χ2v) is 6.86. The maximum absolute atomic E-state index is 9.74. The molecule has 1 unspecified atom stereocenters. The van der Waals surface area contributed by atoms with Gasteiger partial charge in [-0.25, -0.2) is 0 Å². The summed E-state index contributed by atoms with van der Waals surface area (Å²) in [5.74, 6) is 0. The first-order valence-corrected chi connectivity index (χ1v) is 8.85. The normalized spacial score (nSPS) is 18.9. The van der Waals surface area contributed by atoms with E-state index in [0.29, 0.717) is 5.02 Å². The fraction of sp³-hybridized carbons (Fsp3) is 0.278. The minimum absolute atomic E-state index is 0.0429. The highest BCUT2D eigenvalue weighted by molar-refractivity contribution is 7.08. The van der Waals surface area contributed by atoms with Crippen LogP contribution in [-0.2, 0) is 0 Å². The van der Waals surface area contributed by atoms with Crippen molar-refractivity contribution >= 4 is 34.8 Å². The van der Waals surface area contributed by atoms with Crippen LogP contribution < -0.4 is 0 Å². The summed E-state index contributed by atoms with van der Waals surface area (Å²) in [6.45, 7) is 4.18. The highest BCUT2D eigenvalue weighted by Gasteiger charge is 2.29. The number of thiophene rings is 1.